The molecule has 1 rings (SSSR count). The molecule has 1 aromatic carbocycles. The highest BCUT2D eigenvalue weighted by Crippen LogP contribution is 2.03. The van der Waals surface area contributed by atoms with Gasteiger partial charge in [-0.05, 0) is 18.6 Å². The largest absolute Gasteiger partial charge is 0.548 e. The van der Waals surface area contributed by atoms with Crippen molar-refractivity contribution < 1.29 is 18.3 Å². The second kappa shape index (κ2) is 5.60. The number of carbonyl (C=O) groups is 1. The minimum Gasteiger partial charge on any atom is -0.548 e. The predicted octanol–water partition coefficient (Wildman–Crippen LogP) is -0.285. The molecule has 6 heteroatoms. The number of benzene rings is 1. The molecule has 0 bridgehead atoms. The average molecular weight is 254 g/mol. The Morgan fingerprint density at radius 3 is 2.47 bits per heavy atom. The number of aliphatic carboxylic acids is 1. The van der Waals surface area contributed by atoms with Gasteiger partial charge >= 0.3 is 0 Å². The predicted molar refractivity (Wildman–Crippen MR) is 62.0 cm³/mol. The lowest BCUT2D eigenvalue weighted by Crippen LogP contribution is -2.45. The third-order valence-electron chi connectivity index (χ3n) is 1.93. The van der Waals surface area contributed by atoms with Crippen molar-refractivity contribution in [3.8, 4) is 0 Å². The van der Waals surface area contributed by atoms with Crippen molar-refractivity contribution in [1.29, 1.82) is 0 Å². The maximum absolute atomic E-state index is 11.4. The van der Waals surface area contributed by atoms with Gasteiger partial charge in [0.2, 0.25) is 10.0 Å². The number of nitrogens with one attached hydrogen (secondary N) is 1. The van der Waals surface area contributed by atoms with Crippen LogP contribution in [0.15, 0.2) is 35.7 Å². The van der Waals surface area contributed by atoms with Crippen molar-refractivity contribution >= 4 is 22.1 Å². The Hall–Kier alpha value is -1.66. The van der Waals surface area contributed by atoms with Gasteiger partial charge in [-0.1, -0.05) is 30.3 Å². The van der Waals surface area contributed by atoms with E-state index in [-0.39, 0.29) is 0 Å². The van der Waals surface area contributed by atoms with Gasteiger partial charge in [0.15, 0.2) is 0 Å². The third kappa shape index (κ3) is 4.80. The summed E-state index contributed by atoms with van der Waals surface area (Å²) in [6.07, 6.45) is 1.38. The van der Waals surface area contributed by atoms with E-state index in [0.717, 1.165) is 5.41 Å². The zero-order chi connectivity index (χ0) is 12.9. The number of hydrogen-bond donors (Lipinski definition) is 1. The van der Waals surface area contributed by atoms with Crippen molar-refractivity contribution in [2.24, 2.45) is 0 Å². The van der Waals surface area contributed by atoms with Gasteiger partial charge in [-0.15, -0.1) is 0 Å². The molecular weight excluding hydrogens is 242 g/mol. The van der Waals surface area contributed by atoms with E-state index in [4.69, 9.17) is 0 Å². The van der Waals surface area contributed by atoms with Crippen LogP contribution in [0.1, 0.15) is 12.5 Å². The molecule has 5 nitrogen and oxygen atoms in total. The highest BCUT2D eigenvalue weighted by atomic mass is 32.2. The Bertz CT molecular complexity index is 508. The van der Waals surface area contributed by atoms with E-state index < -0.39 is 22.0 Å². The molecule has 0 saturated carbocycles. The van der Waals surface area contributed by atoms with E-state index in [1.165, 1.54) is 13.0 Å². The maximum atomic E-state index is 11.4. The minimum absolute atomic E-state index is 0.707. The molecule has 1 atom stereocenters. The van der Waals surface area contributed by atoms with E-state index in [1.54, 1.807) is 24.3 Å². The maximum Gasteiger partial charge on any atom is 0.234 e. The van der Waals surface area contributed by atoms with Crippen LogP contribution in [0.2, 0.25) is 0 Å². The van der Waals surface area contributed by atoms with Gasteiger partial charge in [0.05, 0.1) is 12.0 Å². The first-order valence-corrected chi connectivity index (χ1v) is 6.42. The summed E-state index contributed by atoms with van der Waals surface area (Å²) in [7, 11) is -3.78. The van der Waals surface area contributed by atoms with Crippen molar-refractivity contribution in [2.75, 3.05) is 0 Å². The van der Waals surface area contributed by atoms with Gasteiger partial charge in [0.1, 0.15) is 0 Å². The van der Waals surface area contributed by atoms with Crippen molar-refractivity contribution in [1.82, 2.24) is 4.72 Å². The lowest BCUT2D eigenvalue weighted by atomic mass is 10.2. The van der Waals surface area contributed by atoms with Crippen LogP contribution in [0.25, 0.3) is 6.08 Å². The van der Waals surface area contributed by atoms with Gasteiger partial charge in [-0.25, -0.2) is 13.1 Å². The Balaban J connectivity index is 2.74. The van der Waals surface area contributed by atoms with Crippen molar-refractivity contribution in [3.05, 3.63) is 41.3 Å². The summed E-state index contributed by atoms with van der Waals surface area (Å²) in [4.78, 5) is 10.4. The Kier molecular flexibility index (Phi) is 4.42. The molecular formula is C11H12NO4S-. The molecule has 0 heterocycles. The molecule has 0 radical (unpaired) electrons. The zero-order valence-corrected chi connectivity index (χ0v) is 9.98. The van der Waals surface area contributed by atoms with Crippen LogP contribution in [0.3, 0.4) is 0 Å². The minimum atomic E-state index is -3.78. The molecule has 92 valence electrons. The summed E-state index contributed by atoms with van der Waals surface area (Å²) in [5, 5.41) is 11.3. The highest BCUT2D eigenvalue weighted by molar-refractivity contribution is 7.92. The van der Waals surface area contributed by atoms with Crippen molar-refractivity contribution in [3.63, 3.8) is 0 Å². The van der Waals surface area contributed by atoms with E-state index in [2.05, 4.69) is 0 Å². The Morgan fingerprint density at radius 2 is 1.94 bits per heavy atom. The molecule has 0 saturated heterocycles. The van der Waals surface area contributed by atoms with Crippen LogP contribution >= 0.6 is 0 Å². The molecule has 17 heavy (non-hydrogen) atoms. The number of carboxylic acids is 1. The van der Waals surface area contributed by atoms with Crippen LogP contribution < -0.4 is 9.83 Å². The Labute approximate surface area is 99.8 Å². The highest BCUT2D eigenvalue weighted by Gasteiger charge is 2.11. The van der Waals surface area contributed by atoms with E-state index in [9.17, 15) is 18.3 Å². The lowest BCUT2D eigenvalue weighted by Gasteiger charge is -2.12. The molecule has 0 aromatic heterocycles. The van der Waals surface area contributed by atoms with Gasteiger partial charge < -0.3 is 9.90 Å². The average Bonchev–Trinajstić information content (AvgIpc) is 2.27. The summed E-state index contributed by atoms with van der Waals surface area (Å²) >= 11 is 0. The lowest BCUT2D eigenvalue weighted by molar-refractivity contribution is -0.307. The topological polar surface area (TPSA) is 86.3 Å². The molecule has 0 spiro atoms. The van der Waals surface area contributed by atoms with E-state index in [1.807, 2.05) is 10.8 Å². The fourth-order valence-corrected chi connectivity index (χ4v) is 2.07. The van der Waals surface area contributed by atoms with Gasteiger partial charge in [0.25, 0.3) is 0 Å². The SMILES string of the molecule is C[C@H](NS(=O)(=O)/C=C/c1ccccc1)C(=O)[O-]. The number of hydrogen-bond acceptors (Lipinski definition) is 4. The van der Waals surface area contributed by atoms with Crippen molar-refractivity contribution in [2.45, 2.75) is 13.0 Å². The molecule has 0 amide bonds. The van der Waals surface area contributed by atoms with Crippen LogP contribution in [0.5, 0.6) is 0 Å². The number of carboxylic acid groups (broad SMARTS) is 1. The molecule has 0 unspecified atom stereocenters. The Morgan fingerprint density at radius 1 is 1.35 bits per heavy atom. The van der Waals surface area contributed by atoms with Crippen LogP contribution in [0.4, 0.5) is 0 Å². The van der Waals surface area contributed by atoms with E-state index in [0.29, 0.717) is 5.56 Å². The fourth-order valence-electron chi connectivity index (χ4n) is 1.07. The van der Waals surface area contributed by atoms with Gasteiger partial charge in [-0.2, -0.15) is 0 Å². The molecule has 0 fully saturated rings. The summed E-state index contributed by atoms with van der Waals surface area (Å²) in [5.41, 5.74) is 0.707. The quantitative estimate of drug-likeness (QED) is 0.782. The summed E-state index contributed by atoms with van der Waals surface area (Å²) in [5.74, 6) is -1.47. The molecule has 0 aliphatic rings. The number of sulfonamides is 1. The standard InChI is InChI=1S/C11H13NO4S/c1-9(11(13)14)12-17(15,16)8-7-10-5-3-2-4-6-10/h2-9,12H,1H3,(H,13,14)/p-1/b8-7+/t9-/m0/s1. The monoisotopic (exact) mass is 254 g/mol. The fraction of sp³-hybridized carbons (Fsp3) is 0.182. The first kappa shape index (κ1) is 13.4. The number of rotatable bonds is 5. The first-order valence-electron chi connectivity index (χ1n) is 4.87. The summed E-state index contributed by atoms with van der Waals surface area (Å²) in [6.45, 7) is 1.20. The molecule has 1 aromatic rings. The normalized spacial score (nSPS) is 13.7. The zero-order valence-electron chi connectivity index (χ0n) is 9.16. The molecule has 1 N–H and O–H groups in total. The first-order chi connectivity index (χ1) is 7.91. The molecule has 0 aliphatic carbocycles. The van der Waals surface area contributed by atoms with Crippen LogP contribution in [0, 0.1) is 0 Å². The van der Waals surface area contributed by atoms with Crippen LogP contribution in [-0.2, 0) is 14.8 Å². The summed E-state index contributed by atoms with van der Waals surface area (Å²) in [6, 6.07) is 7.54. The number of carbonyl (C=O) groups excluding carboxylic acids is 1. The van der Waals surface area contributed by atoms with Gasteiger partial charge in [0, 0.05) is 5.41 Å². The second-order valence-electron chi connectivity index (χ2n) is 3.42. The third-order valence-corrected chi connectivity index (χ3v) is 3.11. The molecule has 0 aliphatic heterocycles. The second-order valence-corrected chi connectivity index (χ2v) is 5.01. The van der Waals surface area contributed by atoms with Crippen LogP contribution in [-0.4, -0.2) is 20.4 Å². The smallest absolute Gasteiger partial charge is 0.234 e. The van der Waals surface area contributed by atoms with E-state index >= 15 is 0 Å². The van der Waals surface area contributed by atoms with Gasteiger partial charge in [-0.3, -0.25) is 0 Å². The summed E-state index contributed by atoms with van der Waals surface area (Å²) < 4.78 is 24.8.